The zero-order chi connectivity index (χ0) is 18.5. The van der Waals surface area contributed by atoms with Crippen LogP contribution in [0.25, 0.3) is 0 Å². The van der Waals surface area contributed by atoms with Gasteiger partial charge < -0.3 is 15.4 Å². The third-order valence-electron chi connectivity index (χ3n) is 4.54. The number of likely N-dealkylation sites (tertiary alicyclic amines) is 1. The van der Waals surface area contributed by atoms with Crippen molar-refractivity contribution in [2.24, 2.45) is 11.7 Å². The normalized spacial score (nSPS) is 19.8. The third kappa shape index (κ3) is 4.39. The van der Waals surface area contributed by atoms with E-state index in [4.69, 9.17) is 10.5 Å². The van der Waals surface area contributed by atoms with Gasteiger partial charge in [0.2, 0.25) is 5.91 Å². The first-order chi connectivity index (χ1) is 12.5. The predicted octanol–water partition coefficient (Wildman–Crippen LogP) is 2.61. The Hall–Kier alpha value is -2.89. The molecule has 2 N–H and O–H groups in total. The first-order valence-corrected chi connectivity index (χ1v) is 8.58. The average Bonchev–Trinajstić information content (AvgIpc) is 2.64. The van der Waals surface area contributed by atoms with Crippen molar-refractivity contribution in [3.8, 4) is 5.75 Å². The highest BCUT2D eigenvalue weighted by atomic mass is 19.1. The molecule has 2 atom stereocenters. The second kappa shape index (κ2) is 7.99. The van der Waals surface area contributed by atoms with Crippen LogP contribution in [0.1, 0.15) is 23.2 Å². The number of nitrogens with two attached hydrogens (primary N) is 1. The molecule has 1 fully saturated rings. The molecule has 0 aromatic heterocycles. The SMILES string of the molecule is NC(=O)C[C@H]1CN(C(=O)c2ccccc2)CC[C@@H]1Oc1ccc(F)cc1. The minimum Gasteiger partial charge on any atom is -0.490 e. The summed E-state index contributed by atoms with van der Waals surface area (Å²) < 4.78 is 19.0. The minimum absolute atomic E-state index is 0.0692. The summed E-state index contributed by atoms with van der Waals surface area (Å²) in [6, 6.07) is 14.8. The largest absolute Gasteiger partial charge is 0.490 e. The molecular weight excluding hydrogens is 335 g/mol. The van der Waals surface area contributed by atoms with Gasteiger partial charge in [0.15, 0.2) is 0 Å². The van der Waals surface area contributed by atoms with E-state index in [1.54, 1.807) is 29.2 Å². The summed E-state index contributed by atoms with van der Waals surface area (Å²) in [4.78, 5) is 25.9. The van der Waals surface area contributed by atoms with Gasteiger partial charge in [-0.2, -0.15) is 0 Å². The molecule has 1 heterocycles. The number of rotatable bonds is 5. The van der Waals surface area contributed by atoms with Crippen LogP contribution in [0.3, 0.4) is 0 Å². The van der Waals surface area contributed by atoms with Gasteiger partial charge in [0.25, 0.3) is 5.91 Å². The molecule has 2 amide bonds. The van der Waals surface area contributed by atoms with Gasteiger partial charge in [0.05, 0.1) is 0 Å². The molecule has 0 unspecified atom stereocenters. The van der Waals surface area contributed by atoms with Gasteiger partial charge in [0.1, 0.15) is 17.7 Å². The van der Waals surface area contributed by atoms with Crippen molar-refractivity contribution in [2.45, 2.75) is 18.9 Å². The molecule has 1 saturated heterocycles. The number of carbonyl (C=O) groups excluding carboxylic acids is 2. The van der Waals surface area contributed by atoms with Crippen LogP contribution >= 0.6 is 0 Å². The van der Waals surface area contributed by atoms with Gasteiger partial charge in [-0.1, -0.05) is 18.2 Å². The molecule has 0 aliphatic carbocycles. The molecular formula is C20H21FN2O3. The standard InChI is InChI=1S/C20H21FN2O3/c21-16-6-8-17(9-7-16)26-18-10-11-23(13-15(18)12-19(22)24)20(25)14-4-2-1-3-5-14/h1-9,15,18H,10-13H2,(H2,22,24)/t15-,18-/m0/s1. The van der Waals surface area contributed by atoms with Gasteiger partial charge >= 0.3 is 0 Å². The summed E-state index contributed by atoms with van der Waals surface area (Å²) in [5.74, 6) is -0.515. The van der Waals surface area contributed by atoms with Gasteiger partial charge in [-0.05, 0) is 36.4 Å². The fourth-order valence-corrected chi connectivity index (χ4v) is 3.26. The van der Waals surface area contributed by atoms with E-state index in [9.17, 15) is 14.0 Å². The minimum atomic E-state index is -0.434. The van der Waals surface area contributed by atoms with E-state index in [1.807, 2.05) is 18.2 Å². The predicted molar refractivity (Wildman–Crippen MR) is 95.1 cm³/mol. The molecule has 0 saturated carbocycles. The van der Waals surface area contributed by atoms with Gasteiger partial charge in [-0.15, -0.1) is 0 Å². The lowest BCUT2D eigenvalue weighted by Crippen LogP contribution is -2.49. The van der Waals surface area contributed by atoms with Gasteiger partial charge in [-0.3, -0.25) is 9.59 Å². The van der Waals surface area contributed by atoms with Gasteiger partial charge in [-0.25, -0.2) is 4.39 Å². The van der Waals surface area contributed by atoms with E-state index in [-0.39, 0.29) is 30.2 Å². The quantitative estimate of drug-likeness (QED) is 0.895. The highest BCUT2D eigenvalue weighted by Crippen LogP contribution is 2.26. The molecule has 0 radical (unpaired) electrons. The van der Waals surface area contributed by atoms with E-state index in [2.05, 4.69) is 0 Å². The van der Waals surface area contributed by atoms with Crippen LogP contribution in [-0.4, -0.2) is 35.9 Å². The van der Waals surface area contributed by atoms with E-state index in [1.165, 1.54) is 12.1 Å². The fraction of sp³-hybridized carbons (Fsp3) is 0.300. The Morgan fingerprint density at radius 3 is 2.46 bits per heavy atom. The van der Waals surface area contributed by atoms with E-state index >= 15 is 0 Å². The summed E-state index contributed by atoms with van der Waals surface area (Å²) in [6.45, 7) is 0.914. The van der Waals surface area contributed by atoms with E-state index in [0.29, 0.717) is 30.8 Å². The maximum Gasteiger partial charge on any atom is 0.253 e. The highest BCUT2D eigenvalue weighted by molar-refractivity contribution is 5.94. The summed E-state index contributed by atoms with van der Waals surface area (Å²) >= 11 is 0. The Labute approximate surface area is 151 Å². The molecule has 26 heavy (non-hydrogen) atoms. The molecule has 0 bridgehead atoms. The Bertz CT molecular complexity index is 764. The van der Waals surface area contributed by atoms with Crippen molar-refractivity contribution >= 4 is 11.8 Å². The fourth-order valence-electron chi connectivity index (χ4n) is 3.26. The van der Waals surface area contributed by atoms with E-state index < -0.39 is 5.91 Å². The second-order valence-electron chi connectivity index (χ2n) is 6.45. The number of amides is 2. The zero-order valence-electron chi connectivity index (χ0n) is 14.3. The Morgan fingerprint density at radius 2 is 1.81 bits per heavy atom. The first-order valence-electron chi connectivity index (χ1n) is 8.58. The van der Waals surface area contributed by atoms with Gasteiger partial charge in [0, 0.05) is 37.4 Å². The Kier molecular flexibility index (Phi) is 5.51. The number of piperidine rings is 1. The molecule has 2 aromatic carbocycles. The number of ether oxygens (including phenoxy) is 1. The van der Waals surface area contributed by atoms with Crippen molar-refractivity contribution in [1.29, 1.82) is 0 Å². The molecule has 3 rings (SSSR count). The summed E-state index contributed by atoms with van der Waals surface area (Å²) in [5.41, 5.74) is 6.00. The number of primary amides is 1. The smallest absolute Gasteiger partial charge is 0.253 e. The first kappa shape index (κ1) is 17.9. The number of carbonyl (C=O) groups is 2. The Balaban J connectivity index is 1.71. The average molecular weight is 356 g/mol. The van der Waals surface area contributed by atoms with Crippen LogP contribution in [0.4, 0.5) is 4.39 Å². The molecule has 5 nitrogen and oxygen atoms in total. The summed E-state index contributed by atoms with van der Waals surface area (Å²) in [5, 5.41) is 0. The van der Waals surface area contributed by atoms with Crippen LogP contribution < -0.4 is 10.5 Å². The molecule has 6 heteroatoms. The van der Waals surface area contributed by atoms with Crippen molar-refractivity contribution < 1.29 is 18.7 Å². The van der Waals surface area contributed by atoms with Crippen molar-refractivity contribution in [3.63, 3.8) is 0 Å². The number of benzene rings is 2. The molecule has 0 spiro atoms. The van der Waals surface area contributed by atoms with Crippen LogP contribution in [0, 0.1) is 11.7 Å². The van der Waals surface area contributed by atoms with Crippen molar-refractivity contribution in [1.82, 2.24) is 4.90 Å². The number of hydrogen-bond acceptors (Lipinski definition) is 3. The lowest BCUT2D eigenvalue weighted by atomic mass is 9.90. The molecule has 136 valence electrons. The zero-order valence-corrected chi connectivity index (χ0v) is 14.3. The maximum atomic E-state index is 13.1. The van der Waals surface area contributed by atoms with E-state index in [0.717, 1.165) is 0 Å². The maximum absolute atomic E-state index is 13.1. The summed E-state index contributed by atoms with van der Waals surface area (Å²) in [6.07, 6.45) is 0.450. The van der Waals surface area contributed by atoms with Crippen molar-refractivity contribution in [2.75, 3.05) is 13.1 Å². The summed E-state index contributed by atoms with van der Waals surface area (Å²) in [7, 11) is 0. The van der Waals surface area contributed by atoms with Crippen molar-refractivity contribution in [3.05, 3.63) is 66.0 Å². The number of nitrogens with zero attached hydrogens (tertiary/aromatic N) is 1. The third-order valence-corrected chi connectivity index (χ3v) is 4.54. The second-order valence-corrected chi connectivity index (χ2v) is 6.45. The Morgan fingerprint density at radius 1 is 1.12 bits per heavy atom. The van der Waals surface area contributed by atoms with Crippen LogP contribution in [-0.2, 0) is 4.79 Å². The lowest BCUT2D eigenvalue weighted by Gasteiger charge is -2.38. The molecule has 2 aromatic rings. The number of halogens is 1. The molecule has 1 aliphatic rings. The lowest BCUT2D eigenvalue weighted by molar-refractivity contribution is -0.120. The molecule has 1 aliphatic heterocycles. The van der Waals surface area contributed by atoms with Crippen LogP contribution in [0.15, 0.2) is 54.6 Å². The van der Waals surface area contributed by atoms with Crippen LogP contribution in [0.5, 0.6) is 5.75 Å². The monoisotopic (exact) mass is 356 g/mol. The van der Waals surface area contributed by atoms with Crippen LogP contribution in [0.2, 0.25) is 0 Å². The number of hydrogen-bond donors (Lipinski definition) is 1. The topological polar surface area (TPSA) is 72.6 Å². The highest BCUT2D eigenvalue weighted by Gasteiger charge is 2.34.